The predicted octanol–water partition coefficient (Wildman–Crippen LogP) is -0.0529. The molecule has 0 aromatic heterocycles. The molecule has 3 rings (SSSR count). The van der Waals surface area contributed by atoms with Crippen molar-refractivity contribution in [2.45, 2.75) is 56.7 Å². The first-order valence-electron chi connectivity index (χ1n) is 8.02. The second kappa shape index (κ2) is 5.53. The highest BCUT2D eigenvalue weighted by Crippen LogP contribution is 2.49. The van der Waals surface area contributed by atoms with E-state index in [2.05, 4.69) is 10.6 Å². The Morgan fingerprint density at radius 3 is 1.95 bits per heavy atom. The van der Waals surface area contributed by atoms with E-state index in [1.165, 1.54) is 0 Å². The lowest BCUT2D eigenvalue weighted by Gasteiger charge is -2.24. The molecule has 0 bridgehead atoms. The molecular weight excluding hydrogens is 286 g/mol. The summed E-state index contributed by atoms with van der Waals surface area (Å²) in [5.74, 6) is -0.494. The Bertz CT molecular complexity index is 483. The van der Waals surface area contributed by atoms with E-state index in [0.717, 1.165) is 25.7 Å². The van der Waals surface area contributed by atoms with Gasteiger partial charge in [0.1, 0.15) is 5.66 Å². The first kappa shape index (κ1) is 15.3. The van der Waals surface area contributed by atoms with Crippen LogP contribution in [0.1, 0.15) is 44.9 Å². The summed E-state index contributed by atoms with van der Waals surface area (Å²) >= 11 is 0. The minimum Gasteiger partial charge on any atom is -0.481 e. The molecule has 0 aromatic carbocycles. The number of amides is 2. The highest BCUT2D eigenvalue weighted by Gasteiger charge is 2.51. The molecular formula is C15H23N3O4. The molecule has 0 aliphatic heterocycles. The number of carboxylic acid groups (broad SMARTS) is 1. The van der Waals surface area contributed by atoms with Crippen molar-refractivity contribution in [2.75, 3.05) is 0 Å². The van der Waals surface area contributed by atoms with E-state index < -0.39 is 30.0 Å². The number of nitrogens with two attached hydrogens (primary N) is 1. The van der Waals surface area contributed by atoms with Gasteiger partial charge in [0.2, 0.25) is 11.8 Å². The molecule has 7 heteroatoms. The van der Waals surface area contributed by atoms with Crippen LogP contribution in [0.4, 0.5) is 0 Å². The summed E-state index contributed by atoms with van der Waals surface area (Å²) in [5.41, 5.74) is 4.85. The van der Waals surface area contributed by atoms with Crippen molar-refractivity contribution in [1.82, 2.24) is 10.6 Å². The molecule has 22 heavy (non-hydrogen) atoms. The van der Waals surface area contributed by atoms with Crippen LogP contribution in [0.2, 0.25) is 0 Å². The normalized spacial score (nSPS) is 23.7. The number of carboxylic acids is 1. The summed E-state index contributed by atoms with van der Waals surface area (Å²) in [4.78, 5) is 35.0. The van der Waals surface area contributed by atoms with E-state index in [-0.39, 0.29) is 11.8 Å². The number of carbonyl (C=O) groups excluding carboxylic acids is 2. The number of hydrogen-bond donors (Lipinski definition) is 4. The third kappa shape index (κ3) is 3.58. The molecule has 2 amide bonds. The Kier molecular flexibility index (Phi) is 3.84. The maximum absolute atomic E-state index is 12.5. The van der Waals surface area contributed by atoms with Gasteiger partial charge < -0.3 is 21.5 Å². The van der Waals surface area contributed by atoms with Crippen LogP contribution in [0.25, 0.3) is 0 Å². The predicted molar refractivity (Wildman–Crippen MR) is 77.4 cm³/mol. The van der Waals surface area contributed by atoms with Gasteiger partial charge in [0.15, 0.2) is 0 Å². The first-order valence-corrected chi connectivity index (χ1v) is 8.02. The van der Waals surface area contributed by atoms with Crippen molar-refractivity contribution < 1.29 is 19.5 Å². The molecule has 0 unspecified atom stereocenters. The first-order chi connectivity index (χ1) is 10.4. The van der Waals surface area contributed by atoms with E-state index in [1.54, 1.807) is 0 Å². The molecule has 3 saturated carbocycles. The Morgan fingerprint density at radius 2 is 1.55 bits per heavy atom. The molecule has 7 nitrogen and oxygen atoms in total. The summed E-state index contributed by atoms with van der Waals surface area (Å²) in [5, 5.41) is 14.4. The SMILES string of the molecule is N[C@@H](CC(=O)O)C(=O)NC1(NC(=O)C(C2CC2)C2CC2)CC1. The molecule has 0 heterocycles. The lowest BCUT2D eigenvalue weighted by Crippen LogP contribution is -2.56. The Hall–Kier alpha value is -1.63. The van der Waals surface area contributed by atoms with Crippen LogP contribution in [-0.4, -0.2) is 34.6 Å². The largest absolute Gasteiger partial charge is 0.481 e. The summed E-state index contributed by atoms with van der Waals surface area (Å²) < 4.78 is 0. The standard InChI is InChI=1S/C15H23N3O4/c16-10(7-11(19)20)13(21)17-15(5-6-15)18-14(22)12(8-1-2-8)9-3-4-9/h8-10,12H,1-7,16H2,(H,17,21)(H,18,22)(H,19,20)/t10-/m0/s1. The maximum Gasteiger partial charge on any atom is 0.305 e. The van der Waals surface area contributed by atoms with E-state index >= 15 is 0 Å². The van der Waals surface area contributed by atoms with Gasteiger partial charge in [-0.15, -0.1) is 0 Å². The highest BCUT2D eigenvalue weighted by molar-refractivity contribution is 5.88. The van der Waals surface area contributed by atoms with Crippen molar-refractivity contribution in [2.24, 2.45) is 23.5 Å². The van der Waals surface area contributed by atoms with Gasteiger partial charge in [0.05, 0.1) is 12.5 Å². The monoisotopic (exact) mass is 309 g/mol. The Morgan fingerprint density at radius 1 is 1.05 bits per heavy atom. The summed E-state index contributed by atoms with van der Waals surface area (Å²) in [6.07, 6.45) is 5.42. The fourth-order valence-electron chi connectivity index (χ4n) is 3.06. The smallest absolute Gasteiger partial charge is 0.305 e. The Balaban J connectivity index is 1.53. The number of aliphatic carboxylic acids is 1. The van der Waals surface area contributed by atoms with Gasteiger partial charge in [-0.3, -0.25) is 14.4 Å². The van der Waals surface area contributed by atoms with Gasteiger partial charge >= 0.3 is 5.97 Å². The van der Waals surface area contributed by atoms with Crippen LogP contribution in [0.15, 0.2) is 0 Å². The lowest BCUT2D eigenvalue weighted by molar-refractivity contribution is -0.140. The van der Waals surface area contributed by atoms with E-state index in [0.29, 0.717) is 24.7 Å². The fourth-order valence-corrected chi connectivity index (χ4v) is 3.06. The van der Waals surface area contributed by atoms with Gasteiger partial charge in [-0.1, -0.05) is 0 Å². The minimum atomic E-state index is -1.11. The number of nitrogens with one attached hydrogen (secondary N) is 2. The third-order valence-electron chi connectivity index (χ3n) is 4.77. The van der Waals surface area contributed by atoms with Gasteiger partial charge in [-0.25, -0.2) is 0 Å². The van der Waals surface area contributed by atoms with Crippen LogP contribution < -0.4 is 16.4 Å². The maximum atomic E-state index is 12.5. The van der Waals surface area contributed by atoms with Crippen molar-refractivity contribution in [3.8, 4) is 0 Å². The molecule has 3 fully saturated rings. The van der Waals surface area contributed by atoms with Crippen LogP contribution in [0.5, 0.6) is 0 Å². The van der Waals surface area contributed by atoms with Crippen molar-refractivity contribution in [3.05, 3.63) is 0 Å². The second-order valence-electron chi connectivity index (χ2n) is 6.97. The average Bonchev–Trinajstić information content (AvgIpc) is 3.25. The quantitative estimate of drug-likeness (QED) is 0.468. The van der Waals surface area contributed by atoms with Crippen LogP contribution in [-0.2, 0) is 14.4 Å². The van der Waals surface area contributed by atoms with E-state index in [4.69, 9.17) is 10.8 Å². The van der Waals surface area contributed by atoms with Gasteiger partial charge in [-0.05, 0) is 50.4 Å². The van der Waals surface area contributed by atoms with Crippen LogP contribution >= 0.6 is 0 Å². The number of hydrogen-bond acceptors (Lipinski definition) is 4. The molecule has 5 N–H and O–H groups in total. The zero-order valence-electron chi connectivity index (χ0n) is 12.5. The van der Waals surface area contributed by atoms with Crippen molar-refractivity contribution >= 4 is 17.8 Å². The topological polar surface area (TPSA) is 122 Å². The third-order valence-corrected chi connectivity index (χ3v) is 4.77. The average molecular weight is 309 g/mol. The fraction of sp³-hybridized carbons (Fsp3) is 0.800. The van der Waals surface area contributed by atoms with Gasteiger partial charge in [0, 0.05) is 5.92 Å². The van der Waals surface area contributed by atoms with E-state index in [1.807, 2.05) is 0 Å². The highest BCUT2D eigenvalue weighted by atomic mass is 16.4. The number of carbonyl (C=O) groups is 3. The molecule has 1 atom stereocenters. The molecule has 3 aliphatic carbocycles. The zero-order chi connectivity index (χ0) is 15.9. The van der Waals surface area contributed by atoms with Crippen molar-refractivity contribution in [1.29, 1.82) is 0 Å². The molecule has 0 spiro atoms. The molecule has 0 radical (unpaired) electrons. The summed E-state index contributed by atoms with van der Waals surface area (Å²) in [6, 6.07) is -1.09. The minimum absolute atomic E-state index is 0.0367. The number of rotatable bonds is 8. The van der Waals surface area contributed by atoms with Crippen LogP contribution in [0.3, 0.4) is 0 Å². The van der Waals surface area contributed by atoms with Crippen LogP contribution in [0, 0.1) is 17.8 Å². The molecule has 3 aliphatic rings. The summed E-state index contributed by atoms with van der Waals surface area (Å²) in [7, 11) is 0. The summed E-state index contributed by atoms with van der Waals surface area (Å²) in [6.45, 7) is 0. The molecule has 0 aromatic rings. The van der Waals surface area contributed by atoms with E-state index in [9.17, 15) is 14.4 Å². The zero-order valence-corrected chi connectivity index (χ0v) is 12.5. The molecule has 122 valence electrons. The van der Waals surface area contributed by atoms with Gasteiger partial charge in [-0.2, -0.15) is 0 Å². The lowest BCUT2D eigenvalue weighted by atomic mass is 9.97. The Labute approximate surface area is 129 Å². The van der Waals surface area contributed by atoms with Crippen molar-refractivity contribution in [3.63, 3.8) is 0 Å². The van der Waals surface area contributed by atoms with Gasteiger partial charge in [0.25, 0.3) is 0 Å². The second-order valence-corrected chi connectivity index (χ2v) is 6.97. The molecule has 0 saturated heterocycles.